The maximum Gasteiger partial charge on any atom is 0.141 e. The number of hydrogen-bond donors (Lipinski definition) is 2. The normalized spacial score (nSPS) is 19.6. The average Bonchev–Trinajstić information content (AvgIpc) is 3.12. The van der Waals surface area contributed by atoms with Crippen LogP contribution in [0.25, 0.3) is 16.9 Å². The molecule has 0 spiro atoms. The molecule has 28 heavy (non-hydrogen) atoms. The van der Waals surface area contributed by atoms with Gasteiger partial charge in [-0.15, -0.1) is 0 Å². The van der Waals surface area contributed by atoms with Crippen LogP contribution in [0, 0.1) is 0 Å². The number of aromatic nitrogens is 2. The zero-order chi connectivity index (χ0) is 19.7. The average molecular weight is 401 g/mol. The third-order valence-corrected chi connectivity index (χ3v) is 5.65. The molecular formula is C21H25ClN4O2. The number of nitrogens with zero attached hydrogens (tertiary/aromatic N) is 2. The molecule has 0 radical (unpaired) electrons. The molecule has 1 aromatic carbocycles. The van der Waals surface area contributed by atoms with E-state index >= 15 is 0 Å². The van der Waals surface area contributed by atoms with Crippen molar-refractivity contribution in [2.45, 2.75) is 37.8 Å². The standard InChI is InChI=1S/C21H25ClN4O2/c1-27-19-11-20(28-2)17(22)10-16(19)18-12-26-8-7-15(9-21(26)25-18)24-14-5-3-13(23)4-6-14/h7-14,24H,3-6,23H2,1-2H3/t13-,14-. The first-order valence-corrected chi connectivity index (χ1v) is 9.88. The molecule has 148 valence electrons. The van der Waals surface area contributed by atoms with Crippen molar-refractivity contribution in [3.8, 4) is 22.8 Å². The summed E-state index contributed by atoms with van der Waals surface area (Å²) in [4.78, 5) is 4.78. The van der Waals surface area contributed by atoms with E-state index < -0.39 is 0 Å². The highest BCUT2D eigenvalue weighted by Crippen LogP contribution is 2.38. The Morgan fingerprint density at radius 1 is 1.11 bits per heavy atom. The fraction of sp³-hybridized carbons (Fsp3) is 0.381. The van der Waals surface area contributed by atoms with E-state index in [1.807, 2.05) is 22.9 Å². The van der Waals surface area contributed by atoms with Gasteiger partial charge in [-0.05, 0) is 37.8 Å². The Labute approximate surface area is 169 Å². The van der Waals surface area contributed by atoms with Crippen molar-refractivity contribution < 1.29 is 9.47 Å². The maximum absolute atomic E-state index is 6.32. The molecule has 0 atom stereocenters. The highest BCUT2D eigenvalue weighted by atomic mass is 35.5. The van der Waals surface area contributed by atoms with E-state index in [9.17, 15) is 0 Å². The van der Waals surface area contributed by atoms with Crippen LogP contribution in [0.2, 0.25) is 5.02 Å². The number of anilines is 1. The third-order valence-electron chi connectivity index (χ3n) is 5.35. The van der Waals surface area contributed by atoms with Gasteiger partial charge in [-0.25, -0.2) is 4.98 Å². The van der Waals surface area contributed by atoms with Crippen LogP contribution in [-0.4, -0.2) is 35.7 Å². The summed E-state index contributed by atoms with van der Waals surface area (Å²) in [5.41, 5.74) is 9.56. The fourth-order valence-electron chi connectivity index (χ4n) is 3.76. The minimum Gasteiger partial charge on any atom is -0.496 e. The second-order valence-electron chi connectivity index (χ2n) is 7.25. The quantitative estimate of drug-likeness (QED) is 0.665. The molecule has 1 aliphatic carbocycles. The van der Waals surface area contributed by atoms with E-state index in [1.165, 1.54) is 0 Å². The molecule has 2 heterocycles. The zero-order valence-corrected chi connectivity index (χ0v) is 16.9. The number of imidazole rings is 1. The number of methoxy groups -OCH3 is 2. The molecule has 0 aliphatic heterocycles. The van der Waals surface area contributed by atoms with E-state index in [0.717, 1.165) is 48.3 Å². The molecule has 6 nitrogen and oxygen atoms in total. The van der Waals surface area contributed by atoms with Gasteiger partial charge in [0.1, 0.15) is 17.1 Å². The lowest BCUT2D eigenvalue weighted by atomic mass is 9.92. The summed E-state index contributed by atoms with van der Waals surface area (Å²) in [6, 6.07) is 8.56. The maximum atomic E-state index is 6.32. The summed E-state index contributed by atoms with van der Waals surface area (Å²) in [7, 11) is 3.21. The van der Waals surface area contributed by atoms with E-state index in [-0.39, 0.29) is 0 Å². The molecule has 1 saturated carbocycles. The first-order chi connectivity index (χ1) is 13.6. The monoisotopic (exact) mass is 400 g/mol. The molecule has 4 rings (SSSR count). The van der Waals surface area contributed by atoms with Gasteiger partial charge in [0.05, 0.1) is 24.9 Å². The number of ether oxygens (including phenoxy) is 2. The van der Waals surface area contributed by atoms with Gasteiger partial charge in [0.15, 0.2) is 0 Å². The number of fused-ring (bicyclic) bond motifs is 1. The summed E-state index contributed by atoms with van der Waals surface area (Å²) in [5.74, 6) is 1.24. The van der Waals surface area contributed by atoms with E-state index in [4.69, 9.17) is 31.8 Å². The van der Waals surface area contributed by atoms with Gasteiger partial charge in [-0.2, -0.15) is 0 Å². The molecule has 2 aromatic heterocycles. The number of rotatable bonds is 5. The Balaban J connectivity index is 1.62. The van der Waals surface area contributed by atoms with Crippen LogP contribution in [0.3, 0.4) is 0 Å². The predicted molar refractivity (Wildman–Crippen MR) is 113 cm³/mol. The second-order valence-corrected chi connectivity index (χ2v) is 7.66. The number of hydrogen-bond acceptors (Lipinski definition) is 5. The first-order valence-electron chi connectivity index (χ1n) is 9.50. The van der Waals surface area contributed by atoms with Gasteiger partial charge in [0, 0.05) is 47.9 Å². The van der Waals surface area contributed by atoms with Crippen LogP contribution in [-0.2, 0) is 0 Å². The van der Waals surface area contributed by atoms with Crippen LogP contribution in [0.4, 0.5) is 5.69 Å². The molecule has 3 aromatic rings. The lowest BCUT2D eigenvalue weighted by Crippen LogP contribution is -2.32. The van der Waals surface area contributed by atoms with Crippen LogP contribution in [0.1, 0.15) is 25.7 Å². The van der Waals surface area contributed by atoms with Gasteiger partial charge >= 0.3 is 0 Å². The SMILES string of the molecule is COc1cc(OC)c(-c2cn3ccc(N[C@H]4CC[C@H](N)CC4)cc3n2)cc1Cl. The summed E-state index contributed by atoms with van der Waals surface area (Å²) >= 11 is 6.32. The Morgan fingerprint density at radius 3 is 2.57 bits per heavy atom. The minimum absolute atomic E-state index is 0.349. The van der Waals surface area contributed by atoms with E-state index in [1.54, 1.807) is 20.3 Å². The molecular weight excluding hydrogens is 376 g/mol. The van der Waals surface area contributed by atoms with E-state index in [2.05, 4.69) is 17.4 Å². The molecule has 0 unspecified atom stereocenters. The second kappa shape index (κ2) is 7.89. The Bertz CT molecular complexity index is 980. The third kappa shape index (κ3) is 3.75. The van der Waals surface area contributed by atoms with Gasteiger partial charge in [-0.3, -0.25) is 0 Å². The molecule has 3 N–H and O–H groups in total. The number of halogens is 1. The van der Waals surface area contributed by atoms with Crippen molar-refractivity contribution in [1.29, 1.82) is 0 Å². The first kappa shape index (κ1) is 18.9. The smallest absolute Gasteiger partial charge is 0.141 e. The number of nitrogens with one attached hydrogen (secondary N) is 1. The van der Waals surface area contributed by atoms with Crippen molar-refractivity contribution in [2.75, 3.05) is 19.5 Å². The molecule has 0 amide bonds. The van der Waals surface area contributed by atoms with Crippen molar-refractivity contribution >= 4 is 22.9 Å². The largest absolute Gasteiger partial charge is 0.496 e. The molecule has 0 bridgehead atoms. The van der Waals surface area contributed by atoms with Crippen molar-refractivity contribution in [3.63, 3.8) is 0 Å². The number of benzene rings is 1. The predicted octanol–water partition coefficient (Wildman–Crippen LogP) is 4.35. The zero-order valence-electron chi connectivity index (χ0n) is 16.1. The minimum atomic E-state index is 0.349. The summed E-state index contributed by atoms with van der Waals surface area (Å²) in [5, 5.41) is 4.14. The highest BCUT2D eigenvalue weighted by molar-refractivity contribution is 6.32. The van der Waals surface area contributed by atoms with Gasteiger partial charge in [0.25, 0.3) is 0 Å². The Kier molecular flexibility index (Phi) is 5.33. The van der Waals surface area contributed by atoms with Gasteiger partial charge in [0.2, 0.25) is 0 Å². The van der Waals surface area contributed by atoms with Crippen LogP contribution < -0.4 is 20.5 Å². The Hall–Kier alpha value is -2.44. The van der Waals surface area contributed by atoms with Crippen LogP contribution in [0.15, 0.2) is 36.7 Å². The van der Waals surface area contributed by atoms with E-state index in [0.29, 0.717) is 28.6 Å². The van der Waals surface area contributed by atoms with Gasteiger partial charge < -0.3 is 24.9 Å². The van der Waals surface area contributed by atoms with Crippen molar-refractivity contribution in [1.82, 2.24) is 9.38 Å². The van der Waals surface area contributed by atoms with Crippen molar-refractivity contribution in [2.24, 2.45) is 5.73 Å². The van der Waals surface area contributed by atoms with Gasteiger partial charge in [-0.1, -0.05) is 11.6 Å². The van der Waals surface area contributed by atoms with Crippen LogP contribution in [0.5, 0.6) is 11.5 Å². The fourth-order valence-corrected chi connectivity index (χ4v) is 4.00. The molecule has 1 fully saturated rings. The number of nitrogens with two attached hydrogens (primary N) is 1. The molecule has 0 saturated heterocycles. The van der Waals surface area contributed by atoms with Crippen molar-refractivity contribution in [3.05, 3.63) is 41.7 Å². The lowest BCUT2D eigenvalue weighted by molar-refractivity contribution is 0.395. The molecule has 1 aliphatic rings. The summed E-state index contributed by atoms with van der Waals surface area (Å²) < 4.78 is 12.8. The Morgan fingerprint density at radius 2 is 1.86 bits per heavy atom. The lowest BCUT2D eigenvalue weighted by Gasteiger charge is -2.27. The summed E-state index contributed by atoms with van der Waals surface area (Å²) in [6.07, 6.45) is 8.35. The van der Waals surface area contributed by atoms with Crippen LogP contribution >= 0.6 is 11.6 Å². The molecule has 7 heteroatoms. The topological polar surface area (TPSA) is 73.8 Å². The summed E-state index contributed by atoms with van der Waals surface area (Å²) in [6.45, 7) is 0. The highest BCUT2D eigenvalue weighted by Gasteiger charge is 2.19. The number of pyridine rings is 1.